The number of hydrogen-bond acceptors (Lipinski definition) is 7. The number of ether oxygens (including phenoxy) is 2. The lowest BCUT2D eigenvalue weighted by Crippen LogP contribution is -2.34. The number of nitrogens with zero attached hydrogens (tertiary/aromatic N) is 1. The first-order valence-electron chi connectivity index (χ1n) is 7.17. The van der Waals surface area contributed by atoms with E-state index in [2.05, 4.69) is 4.74 Å². The number of carbonyl (C=O) groups excluding carboxylic acids is 2. The van der Waals surface area contributed by atoms with E-state index >= 15 is 0 Å². The summed E-state index contributed by atoms with van der Waals surface area (Å²) < 4.78 is 15.7. The Morgan fingerprint density at radius 3 is 2.46 bits per heavy atom. The van der Waals surface area contributed by atoms with Crippen LogP contribution >= 0.6 is 11.3 Å². The Morgan fingerprint density at radius 1 is 1.29 bits per heavy atom. The van der Waals surface area contributed by atoms with Gasteiger partial charge in [-0.3, -0.25) is 4.90 Å². The zero-order chi connectivity index (χ0) is 18.2. The number of aryl methyl sites for hydroxylation is 1. The summed E-state index contributed by atoms with van der Waals surface area (Å²) in [5.74, 6) is -0.765. The smallest absolute Gasteiger partial charge is 0.415 e. The van der Waals surface area contributed by atoms with Crippen molar-refractivity contribution in [1.29, 1.82) is 0 Å². The minimum Gasteiger partial charge on any atom is -0.465 e. The molecule has 0 aliphatic heterocycles. The summed E-state index contributed by atoms with van der Waals surface area (Å²) in [6, 6.07) is 1.41. The number of anilines is 1. The number of methoxy groups -OCH3 is 1. The molecule has 1 amide bonds. The topological polar surface area (TPSA) is 86.1 Å². The quantitative estimate of drug-likeness (QED) is 0.770. The lowest BCUT2D eigenvalue weighted by atomic mass is 10.2. The minimum absolute atomic E-state index is 0.183. The molecule has 2 aromatic heterocycles. The molecule has 24 heavy (non-hydrogen) atoms. The molecule has 0 aromatic carbocycles. The maximum atomic E-state index is 12.2. The molecule has 0 N–H and O–H groups in total. The molecule has 0 spiro atoms. The summed E-state index contributed by atoms with van der Waals surface area (Å²) >= 11 is 1.22. The lowest BCUT2D eigenvalue weighted by molar-refractivity contribution is 0.0583. The van der Waals surface area contributed by atoms with Crippen molar-refractivity contribution in [2.24, 2.45) is 0 Å². The van der Waals surface area contributed by atoms with Gasteiger partial charge in [0, 0.05) is 12.6 Å². The Hall–Kier alpha value is -2.35. The van der Waals surface area contributed by atoms with Crippen molar-refractivity contribution in [1.82, 2.24) is 0 Å². The first-order chi connectivity index (χ1) is 11.0. The van der Waals surface area contributed by atoms with Gasteiger partial charge in [-0.05, 0) is 33.8 Å². The lowest BCUT2D eigenvalue weighted by Gasteiger charge is -2.24. The molecule has 0 atom stereocenters. The zero-order valence-electron chi connectivity index (χ0n) is 14.4. The van der Waals surface area contributed by atoms with E-state index in [1.54, 1.807) is 34.7 Å². The highest BCUT2D eigenvalue weighted by Gasteiger charge is 2.25. The summed E-state index contributed by atoms with van der Waals surface area (Å²) in [6.45, 7) is 7.06. The Morgan fingerprint density at radius 2 is 1.92 bits per heavy atom. The molecule has 0 bridgehead atoms. The number of esters is 1. The summed E-state index contributed by atoms with van der Waals surface area (Å²) in [7, 11) is 2.76. The molecule has 0 radical (unpaired) electrons. The zero-order valence-corrected chi connectivity index (χ0v) is 15.2. The van der Waals surface area contributed by atoms with Crippen LogP contribution < -0.4 is 10.5 Å². The fraction of sp³-hybridized carbons (Fsp3) is 0.438. The van der Waals surface area contributed by atoms with Gasteiger partial charge in [-0.1, -0.05) is 0 Å². The second-order valence-electron chi connectivity index (χ2n) is 6.20. The molecule has 0 fully saturated rings. The summed E-state index contributed by atoms with van der Waals surface area (Å²) in [5.41, 5.74) is -0.625. The van der Waals surface area contributed by atoms with Crippen LogP contribution in [0.3, 0.4) is 0 Å². The van der Waals surface area contributed by atoms with Crippen molar-refractivity contribution < 1.29 is 23.5 Å². The van der Waals surface area contributed by atoms with Crippen LogP contribution in [0.1, 0.15) is 36.7 Å². The largest absolute Gasteiger partial charge is 0.465 e. The number of thiophene rings is 1. The van der Waals surface area contributed by atoms with E-state index < -0.39 is 23.3 Å². The van der Waals surface area contributed by atoms with Crippen LogP contribution in [0.4, 0.5) is 9.80 Å². The van der Waals surface area contributed by atoms with Crippen molar-refractivity contribution in [2.45, 2.75) is 33.3 Å². The molecule has 8 heteroatoms. The molecular weight excluding hydrogens is 334 g/mol. The Labute approximate surface area is 142 Å². The van der Waals surface area contributed by atoms with Gasteiger partial charge in [0.05, 0.1) is 11.8 Å². The van der Waals surface area contributed by atoms with Crippen molar-refractivity contribution >= 4 is 38.7 Å². The Bertz CT molecular complexity index is 858. The first kappa shape index (κ1) is 18.0. The average molecular weight is 353 g/mol. The average Bonchev–Trinajstić information content (AvgIpc) is 2.79. The highest BCUT2D eigenvalue weighted by atomic mass is 32.1. The van der Waals surface area contributed by atoms with Gasteiger partial charge in [-0.15, -0.1) is 11.3 Å². The molecule has 2 rings (SSSR count). The SMILES string of the molecule is COC(=O)c1cc2sc(N(C)C(=O)OC(C)(C)C)c(C)c2oc1=O. The summed E-state index contributed by atoms with van der Waals surface area (Å²) in [6.07, 6.45) is -0.521. The van der Waals surface area contributed by atoms with Gasteiger partial charge in [0.1, 0.15) is 16.2 Å². The van der Waals surface area contributed by atoms with Gasteiger partial charge in [0.15, 0.2) is 5.58 Å². The molecule has 0 saturated heterocycles. The number of rotatable bonds is 2. The highest BCUT2D eigenvalue weighted by Crippen LogP contribution is 2.37. The van der Waals surface area contributed by atoms with Gasteiger partial charge in [-0.25, -0.2) is 14.4 Å². The first-order valence-corrected chi connectivity index (χ1v) is 7.99. The van der Waals surface area contributed by atoms with E-state index in [4.69, 9.17) is 9.15 Å². The van der Waals surface area contributed by atoms with Crippen molar-refractivity contribution in [3.8, 4) is 0 Å². The van der Waals surface area contributed by atoms with E-state index in [-0.39, 0.29) is 5.56 Å². The van der Waals surface area contributed by atoms with Crippen LogP contribution in [0.15, 0.2) is 15.3 Å². The monoisotopic (exact) mass is 353 g/mol. The van der Waals surface area contributed by atoms with E-state index in [0.717, 1.165) is 0 Å². The van der Waals surface area contributed by atoms with Gasteiger partial charge in [-0.2, -0.15) is 0 Å². The molecule has 2 heterocycles. The molecular formula is C16H19NO6S. The standard InChI is InChI=1S/C16H19NO6S/c1-8-11-10(7-9(13(18)21-6)14(19)22-11)24-12(8)17(5)15(20)23-16(2,3)4/h7H,1-6H3. The third-order valence-electron chi connectivity index (χ3n) is 3.16. The van der Waals surface area contributed by atoms with Crippen molar-refractivity contribution in [3.05, 3.63) is 27.6 Å². The number of carbonyl (C=O) groups is 2. The predicted molar refractivity (Wildman–Crippen MR) is 91.1 cm³/mol. The number of amides is 1. The van der Waals surface area contributed by atoms with Gasteiger partial charge in [0.25, 0.3) is 0 Å². The summed E-state index contributed by atoms with van der Waals surface area (Å²) in [5, 5.41) is 0.574. The van der Waals surface area contributed by atoms with E-state index in [9.17, 15) is 14.4 Å². The van der Waals surface area contributed by atoms with Crippen molar-refractivity contribution in [2.75, 3.05) is 19.1 Å². The molecule has 130 valence electrons. The summed E-state index contributed by atoms with van der Waals surface area (Å²) in [4.78, 5) is 37.1. The maximum Gasteiger partial charge on any atom is 0.415 e. The number of hydrogen-bond donors (Lipinski definition) is 0. The Balaban J connectivity index is 2.50. The van der Waals surface area contributed by atoms with Crippen LogP contribution in [0.25, 0.3) is 10.3 Å². The molecule has 0 aliphatic rings. The van der Waals surface area contributed by atoms with E-state index in [0.29, 0.717) is 20.8 Å². The third kappa shape index (κ3) is 3.43. The maximum absolute atomic E-state index is 12.2. The van der Waals surface area contributed by atoms with E-state index in [1.807, 2.05) is 0 Å². The molecule has 0 aliphatic carbocycles. The van der Waals surface area contributed by atoms with Crippen LogP contribution in [-0.4, -0.2) is 31.8 Å². The van der Waals surface area contributed by atoms with Gasteiger partial charge in [0.2, 0.25) is 0 Å². The van der Waals surface area contributed by atoms with Gasteiger partial charge >= 0.3 is 17.7 Å². The van der Waals surface area contributed by atoms with Crippen LogP contribution in [-0.2, 0) is 9.47 Å². The van der Waals surface area contributed by atoms with Crippen LogP contribution in [0.5, 0.6) is 0 Å². The van der Waals surface area contributed by atoms with Crippen LogP contribution in [0.2, 0.25) is 0 Å². The van der Waals surface area contributed by atoms with Gasteiger partial charge < -0.3 is 13.9 Å². The molecule has 2 aromatic rings. The Kier molecular flexibility index (Phi) is 4.70. The fourth-order valence-corrected chi connectivity index (χ4v) is 3.18. The second-order valence-corrected chi connectivity index (χ2v) is 7.23. The van der Waals surface area contributed by atoms with Crippen LogP contribution in [0, 0.1) is 6.92 Å². The predicted octanol–water partition coefficient (Wildman–Crippen LogP) is 3.32. The fourth-order valence-electron chi connectivity index (χ4n) is 2.05. The molecule has 0 unspecified atom stereocenters. The molecule has 7 nitrogen and oxygen atoms in total. The normalized spacial score (nSPS) is 11.4. The van der Waals surface area contributed by atoms with Crippen molar-refractivity contribution in [3.63, 3.8) is 0 Å². The number of fused-ring (bicyclic) bond motifs is 1. The molecule has 0 saturated carbocycles. The van der Waals surface area contributed by atoms with E-state index in [1.165, 1.54) is 29.4 Å². The third-order valence-corrected chi connectivity index (χ3v) is 4.46. The minimum atomic E-state index is -0.776. The second kappa shape index (κ2) is 6.27. The highest BCUT2D eigenvalue weighted by molar-refractivity contribution is 7.23.